The summed E-state index contributed by atoms with van der Waals surface area (Å²) in [6, 6.07) is 15.7. The lowest BCUT2D eigenvalue weighted by Gasteiger charge is -2.30. The molecule has 1 saturated heterocycles. The summed E-state index contributed by atoms with van der Waals surface area (Å²) < 4.78 is 11.6. The molecule has 1 aliphatic heterocycles. The molecule has 5 nitrogen and oxygen atoms in total. The zero-order valence-corrected chi connectivity index (χ0v) is 15.6. The number of oxazole rings is 1. The van der Waals surface area contributed by atoms with Crippen LogP contribution >= 0.6 is 0 Å². The minimum absolute atomic E-state index is 0.0351. The summed E-state index contributed by atoms with van der Waals surface area (Å²) in [6.45, 7) is 3.60. The predicted molar refractivity (Wildman–Crippen MR) is 104 cm³/mol. The average Bonchev–Trinajstić information content (AvgIpc) is 3.16. The van der Waals surface area contributed by atoms with Gasteiger partial charge < -0.3 is 14.1 Å². The van der Waals surface area contributed by atoms with Gasteiger partial charge in [0.1, 0.15) is 11.3 Å². The Labute approximate surface area is 158 Å². The van der Waals surface area contributed by atoms with Gasteiger partial charge in [0.25, 0.3) is 5.91 Å². The number of piperidine rings is 1. The summed E-state index contributed by atoms with van der Waals surface area (Å²) in [5.74, 6) is 1.84. The molecule has 1 amide bonds. The number of carbonyl (C=O) groups is 1. The number of nitrogens with zero attached hydrogens (tertiary/aromatic N) is 2. The molecule has 1 fully saturated rings. The summed E-state index contributed by atoms with van der Waals surface area (Å²) in [6.07, 6.45) is 2.68. The van der Waals surface area contributed by atoms with E-state index in [0.29, 0.717) is 13.1 Å². The van der Waals surface area contributed by atoms with Crippen molar-refractivity contribution >= 4 is 17.0 Å². The highest BCUT2D eigenvalue weighted by atomic mass is 16.5. The van der Waals surface area contributed by atoms with Gasteiger partial charge in [-0.2, -0.15) is 0 Å². The third-order valence-corrected chi connectivity index (χ3v) is 5.18. The molecule has 0 saturated carbocycles. The van der Waals surface area contributed by atoms with Crippen LogP contribution in [0.15, 0.2) is 52.9 Å². The van der Waals surface area contributed by atoms with E-state index < -0.39 is 0 Å². The van der Waals surface area contributed by atoms with E-state index in [1.54, 1.807) is 0 Å². The Hall–Kier alpha value is -2.82. The third-order valence-electron chi connectivity index (χ3n) is 5.18. The van der Waals surface area contributed by atoms with Crippen LogP contribution in [0.3, 0.4) is 0 Å². The van der Waals surface area contributed by atoms with Gasteiger partial charge in [-0.1, -0.05) is 31.2 Å². The Bertz CT molecular complexity index is 893. The van der Waals surface area contributed by atoms with E-state index in [4.69, 9.17) is 9.15 Å². The van der Waals surface area contributed by atoms with Crippen LogP contribution in [0.5, 0.6) is 5.75 Å². The number of hydrogen-bond donors (Lipinski definition) is 0. The normalized spacial score (nSPS) is 15.2. The van der Waals surface area contributed by atoms with Gasteiger partial charge in [-0.15, -0.1) is 0 Å². The molecule has 27 heavy (non-hydrogen) atoms. The van der Waals surface area contributed by atoms with Crippen LogP contribution in [0, 0.1) is 0 Å². The largest absolute Gasteiger partial charge is 0.484 e. The van der Waals surface area contributed by atoms with Crippen molar-refractivity contribution in [1.82, 2.24) is 9.88 Å². The van der Waals surface area contributed by atoms with Crippen molar-refractivity contribution in [2.75, 3.05) is 19.7 Å². The van der Waals surface area contributed by atoms with E-state index in [2.05, 4.69) is 18.0 Å². The van der Waals surface area contributed by atoms with E-state index in [-0.39, 0.29) is 18.4 Å². The number of aryl methyl sites for hydroxylation is 1. The second-order valence-corrected chi connectivity index (χ2v) is 6.96. The molecule has 3 aromatic rings. The molecule has 0 bridgehead atoms. The molecule has 0 N–H and O–H groups in total. The first-order valence-corrected chi connectivity index (χ1v) is 9.58. The van der Waals surface area contributed by atoms with Crippen LogP contribution in [-0.2, 0) is 11.2 Å². The number of ether oxygens (including phenoxy) is 1. The lowest BCUT2D eigenvalue weighted by molar-refractivity contribution is -0.134. The molecular weight excluding hydrogens is 340 g/mol. The van der Waals surface area contributed by atoms with Crippen molar-refractivity contribution in [2.24, 2.45) is 0 Å². The smallest absolute Gasteiger partial charge is 0.260 e. The number of hydrogen-bond acceptors (Lipinski definition) is 4. The van der Waals surface area contributed by atoms with Gasteiger partial charge in [0.2, 0.25) is 0 Å². The summed E-state index contributed by atoms with van der Waals surface area (Å²) in [5, 5.41) is 0. The Kier molecular flexibility index (Phi) is 5.10. The second kappa shape index (κ2) is 7.82. The highest BCUT2D eigenvalue weighted by Crippen LogP contribution is 2.30. The van der Waals surface area contributed by atoms with Gasteiger partial charge in [-0.25, -0.2) is 4.98 Å². The Morgan fingerprint density at radius 1 is 1.19 bits per heavy atom. The lowest BCUT2D eigenvalue weighted by atomic mass is 9.97. The van der Waals surface area contributed by atoms with Crippen molar-refractivity contribution in [2.45, 2.75) is 32.1 Å². The van der Waals surface area contributed by atoms with Crippen LogP contribution in [0.2, 0.25) is 0 Å². The van der Waals surface area contributed by atoms with Gasteiger partial charge in [0, 0.05) is 19.0 Å². The van der Waals surface area contributed by atoms with E-state index in [1.807, 2.05) is 47.4 Å². The lowest BCUT2D eigenvalue weighted by Crippen LogP contribution is -2.40. The fourth-order valence-corrected chi connectivity index (χ4v) is 3.53. The average molecular weight is 364 g/mol. The summed E-state index contributed by atoms with van der Waals surface area (Å²) in [4.78, 5) is 19.0. The molecule has 1 aliphatic rings. The van der Waals surface area contributed by atoms with E-state index in [9.17, 15) is 4.79 Å². The van der Waals surface area contributed by atoms with Crippen LogP contribution in [-0.4, -0.2) is 35.5 Å². The number of aromatic nitrogens is 1. The number of likely N-dealkylation sites (tertiary alicyclic amines) is 1. The molecule has 0 aliphatic carbocycles. The van der Waals surface area contributed by atoms with Gasteiger partial charge >= 0.3 is 0 Å². The number of benzene rings is 2. The van der Waals surface area contributed by atoms with Crippen molar-refractivity contribution in [3.8, 4) is 5.75 Å². The molecule has 4 rings (SSSR count). The molecule has 2 aromatic carbocycles. The Balaban J connectivity index is 1.31. The Morgan fingerprint density at radius 2 is 2.00 bits per heavy atom. The highest BCUT2D eigenvalue weighted by molar-refractivity contribution is 5.78. The Morgan fingerprint density at radius 3 is 2.78 bits per heavy atom. The van der Waals surface area contributed by atoms with Gasteiger partial charge in [0.15, 0.2) is 18.1 Å². The number of fused-ring (bicyclic) bond motifs is 1. The van der Waals surface area contributed by atoms with Gasteiger partial charge in [0.05, 0.1) is 0 Å². The van der Waals surface area contributed by atoms with Crippen molar-refractivity contribution < 1.29 is 13.9 Å². The van der Waals surface area contributed by atoms with Crippen molar-refractivity contribution in [1.29, 1.82) is 0 Å². The maximum atomic E-state index is 12.5. The van der Waals surface area contributed by atoms with Crippen LogP contribution in [0.1, 0.15) is 37.1 Å². The topological polar surface area (TPSA) is 55.6 Å². The maximum Gasteiger partial charge on any atom is 0.260 e. The van der Waals surface area contributed by atoms with E-state index >= 15 is 0 Å². The van der Waals surface area contributed by atoms with Crippen LogP contribution in [0.25, 0.3) is 11.1 Å². The third kappa shape index (κ3) is 3.97. The predicted octanol–water partition coefficient (Wildman–Crippen LogP) is 4.18. The van der Waals surface area contributed by atoms with Crippen LogP contribution in [0.4, 0.5) is 0 Å². The monoisotopic (exact) mass is 364 g/mol. The molecule has 140 valence electrons. The second-order valence-electron chi connectivity index (χ2n) is 6.96. The SMILES string of the molecule is CCc1cccc(OCC(=O)N2CCC(c3nc4ccccc4o3)CC2)c1. The van der Waals surface area contributed by atoms with Gasteiger partial charge in [-0.3, -0.25) is 4.79 Å². The first kappa shape index (κ1) is 17.6. The number of amides is 1. The molecule has 0 atom stereocenters. The summed E-state index contributed by atoms with van der Waals surface area (Å²) >= 11 is 0. The molecule has 0 unspecified atom stereocenters. The molecule has 2 heterocycles. The standard InChI is InChI=1S/C22H24N2O3/c1-2-16-6-5-7-18(14-16)26-15-21(25)24-12-10-17(11-13-24)22-23-19-8-3-4-9-20(19)27-22/h3-9,14,17H,2,10-13,15H2,1H3. The minimum Gasteiger partial charge on any atom is -0.484 e. The number of rotatable bonds is 5. The molecular formula is C22H24N2O3. The number of para-hydroxylation sites is 2. The summed E-state index contributed by atoms with van der Waals surface area (Å²) in [7, 11) is 0. The minimum atomic E-state index is 0.0351. The zero-order valence-electron chi connectivity index (χ0n) is 15.6. The quantitative estimate of drug-likeness (QED) is 0.682. The first-order chi connectivity index (χ1) is 13.2. The van der Waals surface area contributed by atoms with Crippen LogP contribution < -0.4 is 4.74 Å². The molecule has 5 heteroatoms. The van der Waals surface area contributed by atoms with Crippen molar-refractivity contribution in [3.63, 3.8) is 0 Å². The first-order valence-electron chi connectivity index (χ1n) is 9.58. The molecule has 0 spiro atoms. The fourth-order valence-electron chi connectivity index (χ4n) is 3.53. The van der Waals surface area contributed by atoms with E-state index in [0.717, 1.165) is 42.0 Å². The zero-order chi connectivity index (χ0) is 18.6. The molecule has 1 aromatic heterocycles. The fraction of sp³-hybridized carbons (Fsp3) is 0.364. The maximum absolute atomic E-state index is 12.5. The van der Waals surface area contributed by atoms with E-state index in [1.165, 1.54) is 5.56 Å². The number of carbonyl (C=O) groups excluding carboxylic acids is 1. The summed E-state index contributed by atoms with van der Waals surface area (Å²) in [5.41, 5.74) is 2.93. The molecule has 0 radical (unpaired) electrons. The van der Waals surface area contributed by atoms with Crippen molar-refractivity contribution in [3.05, 3.63) is 60.0 Å². The highest BCUT2D eigenvalue weighted by Gasteiger charge is 2.27. The van der Waals surface area contributed by atoms with Gasteiger partial charge in [-0.05, 0) is 49.1 Å².